The summed E-state index contributed by atoms with van der Waals surface area (Å²) in [4.78, 5) is 16.6. The molecule has 0 aliphatic heterocycles. The van der Waals surface area contributed by atoms with Crippen molar-refractivity contribution in [1.29, 1.82) is 5.26 Å². The van der Waals surface area contributed by atoms with Gasteiger partial charge in [-0.15, -0.1) is 0 Å². The Morgan fingerprint density at radius 1 is 1.09 bits per heavy atom. The largest absolute Gasteiger partial charge is 0.491 e. The Kier molecular flexibility index (Phi) is 8.48. The monoisotopic (exact) mass is 474 g/mol. The second-order valence-corrected chi connectivity index (χ2v) is 10.1. The minimum atomic E-state index is -0.539. The van der Waals surface area contributed by atoms with Gasteiger partial charge in [-0.1, -0.05) is 43.7 Å². The number of esters is 1. The van der Waals surface area contributed by atoms with Crippen molar-refractivity contribution >= 4 is 16.9 Å². The van der Waals surface area contributed by atoms with Gasteiger partial charge in [-0.3, -0.25) is 4.98 Å². The first kappa shape index (κ1) is 26.2. The number of aromatic nitrogens is 1. The van der Waals surface area contributed by atoms with E-state index < -0.39 is 11.6 Å². The lowest BCUT2D eigenvalue weighted by atomic mass is 9.92. The molecule has 6 heteroatoms. The molecule has 0 fully saturated rings. The van der Waals surface area contributed by atoms with Gasteiger partial charge in [0, 0.05) is 10.9 Å². The number of carbonyl (C=O) groups excluding carboxylic acids is 1. The number of carbonyl (C=O) groups is 1. The number of rotatable bonds is 9. The molecule has 3 rings (SSSR count). The lowest BCUT2D eigenvalue weighted by molar-refractivity contribution is -0.160. The average Bonchev–Trinajstić information content (AvgIpc) is 2.77. The van der Waals surface area contributed by atoms with Crippen molar-refractivity contribution in [2.24, 2.45) is 5.92 Å². The highest BCUT2D eigenvalue weighted by Gasteiger charge is 2.19. The quantitative estimate of drug-likeness (QED) is 0.279. The average molecular weight is 475 g/mol. The Bertz CT molecular complexity index is 1220. The number of benzene rings is 2. The summed E-state index contributed by atoms with van der Waals surface area (Å²) in [6, 6.07) is 16.3. The van der Waals surface area contributed by atoms with Crippen LogP contribution in [0.25, 0.3) is 22.0 Å². The van der Waals surface area contributed by atoms with Gasteiger partial charge in [0.25, 0.3) is 0 Å². The van der Waals surface area contributed by atoms with Crippen molar-refractivity contribution in [1.82, 2.24) is 4.98 Å². The van der Waals surface area contributed by atoms with Gasteiger partial charge in [-0.25, -0.2) is 4.79 Å². The number of aryl methyl sites for hydroxylation is 1. The number of hydrogen-bond acceptors (Lipinski definition) is 6. The Balaban J connectivity index is 1.85. The van der Waals surface area contributed by atoms with Gasteiger partial charge >= 0.3 is 5.97 Å². The van der Waals surface area contributed by atoms with Crippen LogP contribution in [0.3, 0.4) is 0 Å². The highest BCUT2D eigenvalue weighted by atomic mass is 16.6. The van der Waals surface area contributed by atoms with Crippen LogP contribution in [0.1, 0.15) is 51.4 Å². The van der Waals surface area contributed by atoms with Gasteiger partial charge in [-0.2, -0.15) is 5.26 Å². The zero-order valence-corrected chi connectivity index (χ0v) is 21.5. The number of pyridine rings is 1. The van der Waals surface area contributed by atoms with E-state index in [-0.39, 0.29) is 19.8 Å². The van der Waals surface area contributed by atoms with E-state index >= 15 is 0 Å². The molecule has 0 amide bonds. The molecule has 6 nitrogen and oxygen atoms in total. The summed E-state index contributed by atoms with van der Waals surface area (Å²) in [7, 11) is 0. The highest BCUT2D eigenvalue weighted by molar-refractivity contribution is 5.98. The maximum absolute atomic E-state index is 11.8. The minimum Gasteiger partial charge on any atom is -0.491 e. The lowest BCUT2D eigenvalue weighted by Crippen LogP contribution is -2.27. The Hall–Kier alpha value is -3.43. The molecular weight excluding hydrogens is 440 g/mol. The number of hydrogen-bond donors (Lipinski definition) is 0. The maximum atomic E-state index is 11.8. The summed E-state index contributed by atoms with van der Waals surface area (Å²) in [5.74, 6) is 0.619. The first-order valence-corrected chi connectivity index (χ1v) is 11.9. The molecular formula is C29H34N2O4. The van der Waals surface area contributed by atoms with Gasteiger partial charge in [0.05, 0.1) is 23.4 Å². The van der Waals surface area contributed by atoms with Crippen molar-refractivity contribution in [3.05, 3.63) is 59.3 Å². The number of ether oxygens (including phenoxy) is 3. The van der Waals surface area contributed by atoms with Crippen molar-refractivity contribution < 1.29 is 19.0 Å². The summed E-state index contributed by atoms with van der Waals surface area (Å²) in [5.41, 5.74) is 4.71. The molecule has 0 unspecified atom stereocenters. The first-order valence-electron chi connectivity index (χ1n) is 11.9. The fraction of sp³-hybridized carbons (Fsp3) is 0.414. The highest BCUT2D eigenvalue weighted by Crippen LogP contribution is 2.35. The molecule has 2 aromatic carbocycles. The third-order valence-corrected chi connectivity index (χ3v) is 5.22. The van der Waals surface area contributed by atoms with Crippen LogP contribution < -0.4 is 4.74 Å². The van der Waals surface area contributed by atoms with Gasteiger partial charge in [0.1, 0.15) is 30.6 Å². The smallest absolute Gasteiger partial charge is 0.332 e. The Labute approximate surface area is 207 Å². The van der Waals surface area contributed by atoms with E-state index in [9.17, 15) is 10.1 Å². The lowest BCUT2D eigenvalue weighted by Gasteiger charge is -2.19. The molecule has 0 N–H and O–H groups in total. The maximum Gasteiger partial charge on any atom is 0.332 e. The van der Waals surface area contributed by atoms with E-state index in [1.807, 2.05) is 70.2 Å². The van der Waals surface area contributed by atoms with Crippen molar-refractivity contribution in [2.75, 3.05) is 19.8 Å². The van der Waals surface area contributed by atoms with Crippen molar-refractivity contribution in [3.63, 3.8) is 0 Å². The molecule has 0 radical (unpaired) electrons. The molecule has 184 valence electrons. The van der Waals surface area contributed by atoms with Crippen molar-refractivity contribution in [3.8, 4) is 22.9 Å². The van der Waals surface area contributed by atoms with Crippen LogP contribution in [0.2, 0.25) is 0 Å². The van der Waals surface area contributed by atoms with Crippen LogP contribution in [0.15, 0.2) is 42.5 Å². The van der Waals surface area contributed by atoms with Crippen LogP contribution in [0.4, 0.5) is 0 Å². The summed E-state index contributed by atoms with van der Waals surface area (Å²) >= 11 is 0. The summed E-state index contributed by atoms with van der Waals surface area (Å²) in [5, 5.41) is 11.0. The van der Waals surface area contributed by atoms with Crippen LogP contribution in [-0.2, 0) is 20.7 Å². The fourth-order valence-electron chi connectivity index (χ4n) is 3.80. The fourth-order valence-corrected chi connectivity index (χ4v) is 3.80. The van der Waals surface area contributed by atoms with Crippen molar-refractivity contribution in [2.45, 2.75) is 53.6 Å². The number of fused-ring (bicyclic) bond motifs is 1. The van der Waals surface area contributed by atoms with Crippen LogP contribution in [0.5, 0.6) is 5.75 Å². The molecule has 0 bridgehead atoms. The summed E-state index contributed by atoms with van der Waals surface area (Å²) < 4.78 is 16.5. The van der Waals surface area contributed by atoms with Gasteiger partial charge in [0.15, 0.2) is 0 Å². The second-order valence-electron chi connectivity index (χ2n) is 10.1. The molecule has 0 aliphatic rings. The normalized spacial score (nSPS) is 11.5. The summed E-state index contributed by atoms with van der Waals surface area (Å²) in [6.07, 6.45) is 0.727. The predicted octanol–water partition coefficient (Wildman–Crippen LogP) is 6.02. The Morgan fingerprint density at radius 3 is 2.43 bits per heavy atom. The Morgan fingerprint density at radius 2 is 1.80 bits per heavy atom. The van der Waals surface area contributed by atoms with Crippen LogP contribution in [-0.4, -0.2) is 36.4 Å². The molecule has 0 saturated carbocycles. The molecule has 35 heavy (non-hydrogen) atoms. The molecule has 0 saturated heterocycles. The van der Waals surface area contributed by atoms with E-state index in [0.29, 0.717) is 17.2 Å². The SMILES string of the molecule is Cc1ccc(-c2c(C#N)c(CC(C)C)nc3ccc(OCCOCC(=O)OC(C)(C)C)cc23)cc1. The molecule has 0 atom stereocenters. The second kappa shape index (κ2) is 11.3. The molecule has 1 aromatic heterocycles. The third kappa shape index (κ3) is 7.27. The topological polar surface area (TPSA) is 81.4 Å². The van der Waals surface area contributed by atoms with E-state index in [0.717, 1.165) is 39.7 Å². The molecule has 3 aromatic rings. The van der Waals surface area contributed by atoms with E-state index in [1.165, 1.54) is 0 Å². The predicted molar refractivity (Wildman–Crippen MR) is 137 cm³/mol. The zero-order valence-electron chi connectivity index (χ0n) is 21.5. The van der Waals surface area contributed by atoms with Crippen LogP contribution in [0, 0.1) is 24.2 Å². The molecule has 1 heterocycles. The summed E-state index contributed by atoms with van der Waals surface area (Å²) in [6.45, 7) is 12.1. The molecule has 0 spiro atoms. The number of nitriles is 1. The third-order valence-electron chi connectivity index (χ3n) is 5.22. The van der Waals surface area contributed by atoms with Crippen LogP contribution >= 0.6 is 0 Å². The molecule has 0 aliphatic carbocycles. The van der Waals surface area contributed by atoms with E-state index in [2.05, 4.69) is 19.9 Å². The van der Waals surface area contributed by atoms with Gasteiger partial charge in [-0.05, 0) is 63.8 Å². The zero-order chi connectivity index (χ0) is 25.6. The minimum absolute atomic E-state index is 0.121. The first-order chi connectivity index (χ1) is 16.6. The van der Waals surface area contributed by atoms with E-state index in [1.54, 1.807) is 0 Å². The van der Waals surface area contributed by atoms with E-state index in [4.69, 9.17) is 19.2 Å². The van der Waals surface area contributed by atoms with Gasteiger partial charge in [0.2, 0.25) is 0 Å². The van der Waals surface area contributed by atoms with Gasteiger partial charge < -0.3 is 14.2 Å². The standard InChI is InChI=1S/C29H34N2O4/c1-19(2)15-26-24(17-30)28(21-9-7-20(3)8-10-21)23-16-22(11-12-25(23)31-26)34-14-13-33-18-27(32)35-29(4,5)6/h7-12,16,19H,13-15,18H2,1-6H3. The number of nitrogens with zero attached hydrogens (tertiary/aromatic N) is 2.